The maximum Gasteiger partial charge on any atom is 0.313 e. The first-order chi connectivity index (χ1) is 8.16. The van der Waals surface area contributed by atoms with Crippen molar-refractivity contribution >= 4 is 5.97 Å². The number of rotatable bonds is 4. The van der Waals surface area contributed by atoms with Gasteiger partial charge in [-0.1, -0.05) is 0 Å². The van der Waals surface area contributed by atoms with Gasteiger partial charge in [0, 0.05) is 26.8 Å². The summed E-state index contributed by atoms with van der Waals surface area (Å²) < 4.78 is 10.6. The van der Waals surface area contributed by atoms with Crippen molar-refractivity contribution in [3.05, 3.63) is 0 Å². The van der Waals surface area contributed by atoms with Crippen LogP contribution in [0.5, 0.6) is 0 Å². The predicted octanol–water partition coefficient (Wildman–Crippen LogP) is 0.589. The lowest BCUT2D eigenvalue weighted by molar-refractivity contribution is -0.150. The van der Waals surface area contributed by atoms with Crippen LogP contribution in [-0.2, 0) is 14.3 Å². The molecule has 2 fully saturated rings. The smallest absolute Gasteiger partial charge is 0.313 e. The molecule has 2 rings (SSSR count). The highest BCUT2D eigenvalue weighted by molar-refractivity contribution is 5.75. The fourth-order valence-electron chi connectivity index (χ4n) is 2.75. The van der Waals surface area contributed by atoms with Crippen LogP contribution in [0.25, 0.3) is 0 Å². The van der Waals surface area contributed by atoms with Gasteiger partial charge in [0.1, 0.15) is 5.41 Å². The van der Waals surface area contributed by atoms with Crippen molar-refractivity contribution in [2.24, 2.45) is 5.41 Å². The fraction of sp³-hybridized carbons (Fsp3) is 0.917. The summed E-state index contributed by atoms with van der Waals surface area (Å²) >= 11 is 0. The van der Waals surface area contributed by atoms with Crippen molar-refractivity contribution < 1.29 is 19.4 Å². The molecule has 0 amide bonds. The number of piperidine rings is 1. The zero-order valence-electron chi connectivity index (χ0n) is 10.4. The number of hydrogen-bond acceptors (Lipinski definition) is 4. The van der Waals surface area contributed by atoms with E-state index < -0.39 is 11.4 Å². The summed E-state index contributed by atoms with van der Waals surface area (Å²) in [5, 5.41) is 9.38. The first kappa shape index (κ1) is 12.8. The second-order valence-electron chi connectivity index (χ2n) is 5.12. The molecule has 5 nitrogen and oxygen atoms in total. The molecule has 2 unspecified atom stereocenters. The van der Waals surface area contributed by atoms with E-state index >= 15 is 0 Å². The molecule has 2 atom stereocenters. The van der Waals surface area contributed by atoms with E-state index in [9.17, 15) is 9.90 Å². The van der Waals surface area contributed by atoms with Crippen LogP contribution >= 0.6 is 0 Å². The Kier molecular flexibility index (Phi) is 4.01. The number of carboxylic acids is 1. The van der Waals surface area contributed by atoms with Crippen LogP contribution in [0, 0.1) is 5.41 Å². The van der Waals surface area contributed by atoms with Crippen molar-refractivity contribution in [3.8, 4) is 0 Å². The molecule has 2 saturated heterocycles. The number of aliphatic carboxylic acids is 1. The molecule has 5 heteroatoms. The Bertz CT molecular complexity index is 276. The number of carbonyl (C=O) groups is 1. The minimum atomic E-state index is -0.727. The zero-order valence-corrected chi connectivity index (χ0v) is 10.4. The third-order valence-corrected chi connectivity index (χ3v) is 3.88. The molecule has 0 aromatic rings. The van der Waals surface area contributed by atoms with Gasteiger partial charge in [0.2, 0.25) is 0 Å². The fourth-order valence-corrected chi connectivity index (χ4v) is 2.75. The molecule has 2 heterocycles. The number of nitrogens with zero attached hydrogens (tertiary/aromatic N) is 1. The van der Waals surface area contributed by atoms with Crippen LogP contribution in [0.1, 0.15) is 19.3 Å². The quantitative estimate of drug-likeness (QED) is 0.783. The Morgan fingerprint density at radius 3 is 3.06 bits per heavy atom. The molecule has 2 aliphatic heterocycles. The number of methoxy groups -OCH3 is 1. The number of likely N-dealkylation sites (tertiary alicyclic amines) is 1. The Labute approximate surface area is 102 Å². The lowest BCUT2D eigenvalue weighted by atomic mass is 9.86. The maximum atomic E-state index is 11.4. The highest BCUT2D eigenvalue weighted by Gasteiger charge is 2.44. The normalized spacial score (nSPS) is 35.0. The largest absolute Gasteiger partial charge is 0.481 e. The molecule has 0 aromatic carbocycles. The van der Waals surface area contributed by atoms with Gasteiger partial charge in [-0.2, -0.15) is 0 Å². The summed E-state index contributed by atoms with van der Waals surface area (Å²) in [6.45, 7) is 3.30. The van der Waals surface area contributed by atoms with E-state index in [0.29, 0.717) is 26.2 Å². The first-order valence-electron chi connectivity index (χ1n) is 6.22. The standard InChI is InChI=1S/C12H21NO4/c1-16-10-3-2-5-13(7-10)8-12(11(14)15)4-6-17-9-12/h10H,2-9H2,1H3,(H,14,15). The molecule has 0 bridgehead atoms. The van der Waals surface area contributed by atoms with Gasteiger partial charge in [-0.05, 0) is 25.8 Å². The molecular weight excluding hydrogens is 222 g/mol. The lowest BCUT2D eigenvalue weighted by Crippen LogP contribution is -2.48. The van der Waals surface area contributed by atoms with Gasteiger partial charge in [-0.3, -0.25) is 9.69 Å². The molecule has 0 spiro atoms. The average molecular weight is 243 g/mol. The molecular formula is C12H21NO4. The Balaban J connectivity index is 1.96. The minimum absolute atomic E-state index is 0.247. The second kappa shape index (κ2) is 5.33. The Morgan fingerprint density at radius 2 is 2.47 bits per heavy atom. The van der Waals surface area contributed by atoms with Gasteiger partial charge in [0.25, 0.3) is 0 Å². The van der Waals surface area contributed by atoms with Crippen LogP contribution in [0.3, 0.4) is 0 Å². The van der Waals surface area contributed by atoms with E-state index in [4.69, 9.17) is 9.47 Å². The van der Waals surface area contributed by atoms with Gasteiger partial charge >= 0.3 is 5.97 Å². The molecule has 0 radical (unpaired) electrons. The molecule has 2 aliphatic rings. The van der Waals surface area contributed by atoms with Crippen molar-refractivity contribution in [2.45, 2.75) is 25.4 Å². The van der Waals surface area contributed by atoms with Crippen LogP contribution in [-0.4, -0.2) is 62.0 Å². The van der Waals surface area contributed by atoms with E-state index in [1.54, 1.807) is 7.11 Å². The number of hydrogen-bond donors (Lipinski definition) is 1. The monoisotopic (exact) mass is 243 g/mol. The number of carboxylic acid groups (broad SMARTS) is 1. The first-order valence-corrected chi connectivity index (χ1v) is 6.22. The van der Waals surface area contributed by atoms with E-state index in [0.717, 1.165) is 25.9 Å². The molecule has 1 N–H and O–H groups in total. The van der Waals surface area contributed by atoms with Crippen LogP contribution < -0.4 is 0 Å². The van der Waals surface area contributed by atoms with E-state index in [1.165, 1.54) is 0 Å². The third kappa shape index (κ3) is 2.78. The van der Waals surface area contributed by atoms with Gasteiger partial charge in [-0.25, -0.2) is 0 Å². The number of ether oxygens (including phenoxy) is 2. The van der Waals surface area contributed by atoms with Crippen LogP contribution in [0.15, 0.2) is 0 Å². The zero-order chi connectivity index (χ0) is 12.3. The van der Waals surface area contributed by atoms with Crippen molar-refractivity contribution in [1.82, 2.24) is 4.90 Å². The predicted molar refractivity (Wildman–Crippen MR) is 62.0 cm³/mol. The van der Waals surface area contributed by atoms with E-state index in [2.05, 4.69) is 4.90 Å². The van der Waals surface area contributed by atoms with Crippen molar-refractivity contribution in [3.63, 3.8) is 0 Å². The summed E-state index contributed by atoms with van der Waals surface area (Å²) in [6.07, 6.45) is 3.02. The second-order valence-corrected chi connectivity index (χ2v) is 5.12. The summed E-state index contributed by atoms with van der Waals surface area (Å²) in [6, 6.07) is 0. The lowest BCUT2D eigenvalue weighted by Gasteiger charge is -2.36. The van der Waals surface area contributed by atoms with E-state index in [-0.39, 0.29) is 6.10 Å². The topological polar surface area (TPSA) is 59.0 Å². The molecule has 98 valence electrons. The van der Waals surface area contributed by atoms with E-state index in [1.807, 2.05) is 0 Å². The highest BCUT2D eigenvalue weighted by Crippen LogP contribution is 2.31. The average Bonchev–Trinajstić information content (AvgIpc) is 2.79. The molecule has 0 aliphatic carbocycles. The Hall–Kier alpha value is -0.650. The SMILES string of the molecule is COC1CCCN(CC2(C(=O)O)CCOC2)C1. The third-order valence-electron chi connectivity index (χ3n) is 3.88. The molecule has 17 heavy (non-hydrogen) atoms. The van der Waals surface area contributed by atoms with Gasteiger partial charge < -0.3 is 14.6 Å². The molecule has 0 saturated carbocycles. The maximum absolute atomic E-state index is 11.4. The van der Waals surface area contributed by atoms with Crippen molar-refractivity contribution in [1.29, 1.82) is 0 Å². The van der Waals surface area contributed by atoms with Gasteiger partial charge in [0.05, 0.1) is 12.7 Å². The van der Waals surface area contributed by atoms with Crippen LogP contribution in [0.4, 0.5) is 0 Å². The molecule has 0 aromatic heterocycles. The van der Waals surface area contributed by atoms with Crippen molar-refractivity contribution in [2.75, 3.05) is 40.0 Å². The summed E-state index contributed by atoms with van der Waals surface area (Å²) in [7, 11) is 1.72. The summed E-state index contributed by atoms with van der Waals surface area (Å²) in [5.41, 5.74) is -0.699. The highest BCUT2D eigenvalue weighted by atomic mass is 16.5. The van der Waals surface area contributed by atoms with Gasteiger partial charge in [-0.15, -0.1) is 0 Å². The Morgan fingerprint density at radius 1 is 1.65 bits per heavy atom. The minimum Gasteiger partial charge on any atom is -0.481 e. The van der Waals surface area contributed by atoms with Gasteiger partial charge in [0.15, 0.2) is 0 Å². The summed E-state index contributed by atoms with van der Waals surface area (Å²) in [5.74, 6) is -0.727. The summed E-state index contributed by atoms with van der Waals surface area (Å²) in [4.78, 5) is 13.6. The van der Waals surface area contributed by atoms with Crippen LogP contribution in [0.2, 0.25) is 0 Å².